The molecule has 0 saturated carbocycles. The maximum absolute atomic E-state index is 11.3. The lowest BCUT2D eigenvalue weighted by molar-refractivity contribution is -0.734. The van der Waals surface area contributed by atoms with Crippen molar-refractivity contribution >= 4 is 38.0 Å². The van der Waals surface area contributed by atoms with Crippen molar-refractivity contribution in [2.45, 2.75) is 6.92 Å². The first-order chi connectivity index (χ1) is 18.0. The van der Waals surface area contributed by atoms with Crippen LogP contribution in [-0.2, 0) is 0 Å². The molecule has 10 nitrogen and oxygen atoms in total. The summed E-state index contributed by atoms with van der Waals surface area (Å²) in [5.74, 6) is 1.74. The quantitative estimate of drug-likeness (QED) is 0.188. The zero-order chi connectivity index (χ0) is 25.1. The number of rotatable bonds is 4. The van der Waals surface area contributed by atoms with Gasteiger partial charge in [0.2, 0.25) is 6.79 Å². The van der Waals surface area contributed by atoms with Gasteiger partial charge in [-0.15, -0.1) is 0 Å². The molecular formula is C26H17N6O4S+. The molecular weight excluding hydrogens is 492 g/mol. The molecule has 4 aromatic carbocycles. The van der Waals surface area contributed by atoms with Gasteiger partial charge in [0.15, 0.2) is 17.0 Å². The lowest BCUT2D eigenvalue weighted by Gasteiger charge is -2.03. The van der Waals surface area contributed by atoms with Crippen molar-refractivity contribution in [2.24, 2.45) is 0 Å². The minimum absolute atomic E-state index is 0.00960. The first-order valence-corrected chi connectivity index (χ1v) is 12.2. The number of hydrogen-bond acceptors (Lipinski definition) is 8. The largest absolute Gasteiger partial charge is 0.454 e. The molecule has 3 heterocycles. The van der Waals surface area contributed by atoms with E-state index in [0.29, 0.717) is 33.7 Å². The Morgan fingerprint density at radius 3 is 2.76 bits per heavy atom. The van der Waals surface area contributed by atoms with Crippen molar-refractivity contribution in [3.05, 3.63) is 88.5 Å². The zero-order valence-corrected chi connectivity index (χ0v) is 20.2. The summed E-state index contributed by atoms with van der Waals surface area (Å²) in [6, 6.07) is 22.4. The first kappa shape index (κ1) is 21.4. The molecule has 180 valence electrons. The molecule has 11 heteroatoms. The summed E-state index contributed by atoms with van der Waals surface area (Å²) < 4.78 is 12.0. The normalized spacial score (nSPS) is 12.5. The lowest BCUT2D eigenvalue weighted by Crippen LogP contribution is -2.43. The van der Waals surface area contributed by atoms with Crippen molar-refractivity contribution in [1.82, 2.24) is 20.0 Å². The summed E-state index contributed by atoms with van der Waals surface area (Å²) in [5.41, 5.74) is 2.95. The molecule has 0 atom stereocenters. The minimum Gasteiger partial charge on any atom is -0.454 e. The van der Waals surface area contributed by atoms with E-state index in [1.165, 1.54) is 23.5 Å². The lowest BCUT2D eigenvalue weighted by atomic mass is 10.1. The van der Waals surface area contributed by atoms with Crippen molar-refractivity contribution in [1.29, 1.82) is 0 Å². The number of aromatic nitrogens is 5. The summed E-state index contributed by atoms with van der Waals surface area (Å²) in [6.45, 7) is 1.97. The second kappa shape index (κ2) is 8.07. The second-order valence-electron chi connectivity index (χ2n) is 8.53. The Balaban J connectivity index is 1.44. The van der Waals surface area contributed by atoms with Gasteiger partial charge in [0.05, 0.1) is 9.62 Å². The van der Waals surface area contributed by atoms with E-state index in [9.17, 15) is 10.1 Å². The van der Waals surface area contributed by atoms with Crippen LogP contribution >= 0.6 is 11.3 Å². The molecule has 0 unspecified atom stereocenters. The topological polar surface area (TPSA) is 109 Å². The highest BCUT2D eigenvalue weighted by Crippen LogP contribution is 2.35. The van der Waals surface area contributed by atoms with E-state index in [-0.39, 0.29) is 12.5 Å². The predicted octanol–water partition coefficient (Wildman–Crippen LogP) is 4.92. The average molecular weight is 510 g/mol. The van der Waals surface area contributed by atoms with Gasteiger partial charge in [-0.25, -0.2) is 0 Å². The number of tetrazole rings is 1. The van der Waals surface area contributed by atoms with Crippen LogP contribution in [-0.4, -0.2) is 31.7 Å². The van der Waals surface area contributed by atoms with E-state index < -0.39 is 4.92 Å². The number of non-ortho nitro benzene ring substituents is 1. The van der Waals surface area contributed by atoms with Gasteiger partial charge >= 0.3 is 5.13 Å². The smallest absolute Gasteiger partial charge is 0.365 e. The van der Waals surface area contributed by atoms with Gasteiger partial charge in [-0.05, 0) is 62.9 Å². The number of nitro groups is 1. The highest BCUT2D eigenvalue weighted by atomic mass is 32.1. The third-order valence-corrected chi connectivity index (χ3v) is 7.23. The zero-order valence-electron chi connectivity index (χ0n) is 19.4. The van der Waals surface area contributed by atoms with Crippen LogP contribution in [0.1, 0.15) is 5.56 Å². The van der Waals surface area contributed by atoms with Crippen molar-refractivity contribution in [3.8, 4) is 33.7 Å². The van der Waals surface area contributed by atoms with Crippen LogP contribution in [0, 0.1) is 17.0 Å². The molecule has 0 aliphatic carbocycles. The fraction of sp³-hybridized carbons (Fsp3) is 0.0769. The van der Waals surface area contributed by atoms with Crippen molar-refractivity contribution < 1.29 is 19.2 Å². The molecule has 1 aliphatic heterocycles. The Morgan fingerprint density at radius 2 is 1.89 bits per heavy atom. The monoisotopic (exact) mass is 509 g/mol. The van der Waals surface area contributed by atoms with Gasteiger partial charge in [0.25, 0.3) is 11.5 Å². The maximum Gasteiger partial charge on any atom is 0.365 e. The molecule has 0 amide bonds. The first-order valence-electron chi connectivity index (χ1n) is 11.4. The molecule has 0 fully saturated rings. The number of thiazole rings is 1. The number of fused-ring (bicyclic) bond motifs is 4. The van der Waals surface area contributed by atoms with Gasteiger partial charge in [-0.3, -0.25) is 10.1 Å². The van der Waals surface area contributed by atoms with Gasteiger partial charge in [0, 0.05) is 28.2 Å². The van der Waals surface area contributed by atoms with Crippen LogP contribution in [0.4, 0.5) is 5.69 Å². The standard InChI is InChI=1S/C26H17N6O4S/c1-15-12-18(32(33)34)8-9-20(15)30-28-25(17-6-10-21-22(13-17)36-14-35-21)29-31(30)26-27-24-19-5-3-2-4-16(19)7-11-23(24)37-26/h2-13H,14H2,1H3/q+1. The number of ether oxygens (including phenoxy) is 2. The molecule has 0 N–H and O–H groups in total. The third-order valence-electron chi connectivity index (χ3n) is 6.24. The molecule has 6 aromatic rings. The van der Waals surface area contributed by atoms with Crippen molar-refractivity contribution in [2.75, 3.05) is 6.79 Å². The van der Waals surface area contributed by atoms with Gasteiger partial charge < -0.3 is 9.47 Å². The van der Waals surface area contributed by atoms with Crippen LogP contribution in [0.3, 0.4) is 0 Å². The predicted molar refractivity (Wildman–Crippen MR) is 137 cm³/mol. The Kier molecular flexibility index (Phi) is 4.66. The average Bonchev–Trinajstić information content (AvgIpc) is 3.66. The number of nitrogens with zero attached hydrogens (tertiary/aromatic N) is 6. The fourth-order valence-corrected chi connectivity index (χ4v) is 5.35. The minimum atomic E-state index is -0.414. The van der Waals surface area contributed by atoms with E-state index >= 15 is 0 Å². The molecule has 0 radical (unpaired) electrons. The van der Waals surface area contributed by atoms with E-state index in [0.717, 1.165) is 26.6 Å². The summed E-state index contributed by atoms with van der Waals surface area (Å²) in [6.07, 6.45) is 0. The summed E-state index contributed by atoms with van der Waals surface area (Å²) in [7, 11) is 0. The molecule has 2 aromatic heterocycles. The fourth-order valence-electron chi connectivity index (χ4n) is 4.43. The molecule has 1 aliphatic rings. The molecule has 37 heavy (non-hydrogen) atoms. The molecule has 0 spiro atoms. The van der Waals surface area contributed by atoms with Crippen molar-refractivity contribution in [3.63, 3.8) is 0 Å². The van der Waals surface area contributed by atoms with Gasteiger partial charge in [-0.2, -0.15) is 0 Å². The molecule has 0 bridgehead atoms. The highest BCUT2D eigenvalue weighted by Gasteiger charge is 2.27. The molecule has 0 saturated heterocycles. The summed E-state index contributed by atoms with van der Waals surface area (Å²) in [5, 5.41) is 23.7. The van der Waals surface area contributed by atoms with E-state index in [1.807, 2.05) is 30.3 Å². The maximum atomic E-state index is 11.3. The van der Waals surface area contributed by atoms with Crippen LogP contribution in [0.25, 0.3) is 43.2 Å². The summed E-state index contributed by atoms with van der Waals surface area (Å²) >= 11 is 1.49. The molecule has 7 rings (SSSR count). The van der Waals surface area contributed by atoms with Crippen LogP contribution in [0.2, 0.25) is 0 Å². The van der Waals surface area contributed by atoms with Crippen LogP contribution < -0.4 is 14.3 Å². The Hall–Kier alpha value is -4.90. The van der Waals surface area contributed by atoms with E-state index in [1.54, 1.807) is 22.6 Å². The highest BCUT2D eigenvalue weighted by molar-refractivity contribution is 7.20. The van der Waals surface area contributed by atoms with E-state index in [2.05, 4.69) is 24.3 Å². The Morgan fingerprint density at radius 1 is 1.03 bits per heavy atom. The van der Waals surface area contributed by atoms with E-state index in [4.69, 9.17) is 24.7 Å². The Bertz CT molecular complexity index is 1880. The van der Waals surface area contributed by atoms with Crippen LogP contribution in [0.15, 0.2) is 72.8 Å². The van der Waals surface area contributed by atoms with Gasteiger partial charge in [0.1, 0.15) is 5.69 Å². The number of aryl methyl sites for hydroxylation is 1. The second-order valence-corrected chi connectivity index (χ2v) is 9.54. The summed E-state index contributed by atoms with van der Waals surface area (Å²) in [4.78, 5) is 19.1. The third kappa shape index (κ3) is 3.47. The van der Waals surface area contributed by atoms with Crippen LogP contribution in [0.5, 0.6) is 11.5 Å². The number of nitro benzene ring substituents is 1. The number of hydrogen-bond donors (Lipinski definition) is 0. The van der Waals surface area contributed by atoms with Gasteiger partial charge in [-0.1, -0.05) is 46.7 Å². The Labute approximate surface area is 213 Å². The number of benzene rings is 4. The SMILES string of the molecule is Cc1cc([N+](=O)[O-])ccc1-n1nc(-c2ccc3c(c2)OCO3)n[n+]1-c1nc2c(ccc3ccccc32)s1.